The second kappa shape index (κ2) is 9.63. The average Bonchev–Trinajstić information content (AvgIpc) is 2.79. The minimum Gasteiger partial charge on any atom is -0.342 e. The Bertz CT molecular complexity index is 525. The maximum atomic E-state index is 12.4. The molecule has 8 heteroatoms. The van der Waals surface area contributed by atoms with Gasteiger partial charge in [0, 0.05) is 32.6 Å². The van der Waals surface area contributed by atoms with Gasteiger partial charge in [0.2, 0.25) is 5.91 Å². The fourth-order valence-electron chi connectivity index (χ4n) is 3.42. The van der Waals surface area contributed by atoms with Crippen LogP contribution < -0.4 is 5.32 Å². The molecule has 0 radical (unpaired) electrons. The zero-order valence-electron chi connectivity index (χ0n) is 14.4. The highest BCUT2D eigenvalue weighted by Crippen LogP contribution is 2.25. The van der Waals surface area contributed by atoms with E-state index in [2.05, 4.69) is 20.1 Å². The van der Waals surface area contributed by atoms with Crippen LogP contribution in [0.15, 0.2) is 5.16 Å². The summed E-state index contributed by atoms with van der Waals surface area (Å²) in [5.74, 6) is 2.19. The largest absolute Gasteiger partial charge is 0.342 e. The Balaban J connectivity index is 0.00000208. The summed E-state index contributed by atoms with van der Waals surface area (Å²) < 4.78 is 2.07. The fraction of sp³-hybridized carbons (Fsp3) is 0.812. The second-order valence-electron chi connectivity index (χ2n) is 6.53. The number of piperidine rings is 1. The Kier molecular flexibility index (Phi) is 7.84. The molecule has 1 amide bonds. The van der Waals surface area contributed by atoms with Crippen molar-refractivity contribution in [1.29, 1.82) is 0 Å². The van der Waals surface area contributed by atoms with Gasteiger partial charge in [0.25, 0.3) is 0 Å². The first-order valence-corrected chi connectivity index (χ1v) is 9.75. The molecule has 2 fully saturated rings. The van der Waals surface area contributed by atoms with Gasteiger partial charge in [-0.05, 0) is 32.2 Å². The molecule has 0 saturated carbocycles. The lowest BCUT2D eigenvalue weighted by Gasteiger charge is -2.22. The van der Waals surface area contributed by atoms with Crippen molar-refractivity contribution >= 4 is 30.1 Å². The molecule has 1 unspecified atom stereocenters. The Morgan fingerprint density at radius 2 is 1.96 bits per heavy atom. The van der Waals surface area contributed by atoms with Crippen molar-refractivity contribution in [2.24, 2.45) is 7.05 Å². The van der Waals surface area contributed by atoms with E-state index in [4.69, 9.17) is 0 Å². The van der Waals surface area contributed by atoms with E-state index in [0.717, 1.165) is 56.4 Å². The lowest BCUT2D eigenvalue weighted by molar-refractivity contribution is -0.128. The van der Waals surface area contributed by atoms with E-state index in [1.165, 1.54) is 31.0 Å². The van der Waals surface area contributed by atoms with Crippen LogP contribution in [0.4, 0.5) is 0 Å². The van der Waals surface area contributed by atoms with Crippen molar-refractivity contribution in [2.45, 2.75) is 49.6 Å². The zero-order chi connectivity index (χ0) is 16.1. The number of nitrogens with one attached hydrogen (secondary N) is 1. The molecule has 3 rings (SSSR count). The highest BCUT2D eigenvalue weighted by Gasteiger charge is 2.22. The summed E-state index contributed by atoms with van der Waals surface area (Å²) in [7, 11) is 2.02. The Morgan fingerprint density at radius 1 is 1.21 bits per heavy atom. The topological polar surface area (TPSA) is 63.1 Å². The van der Waals surface area contributed by atoms with Crippen LogP contribution in [-0.2, 0) is 11.8 Å². The summed E-state index contributed by atoms with van der Waals surface area (Å²) in [6, 6.07) is 0. The number of aromatic nitrogens is 3. The number of carbonyl (C=O) groups excluding carboxylic acids is 1. The summed E-state index contributed by atoms with van der Waals surface area (Å²) in [5.41, 5.74) is 0. The standard InChI is InChI=1S/C16H27N5OS.ClH/c1-20-15(13-7-6-8-17-11-13)18-19-16(20)23-12-14(22)21-9-4-2-3-5-10-21;/h13,17H,2-12H2,1H3;1H. The van der Waals surface area contributed by atoms with Crippen LogP contribution in [0.3, 0.4) is 0 Å². The van der Waals surface area contributed by atoms with Gasteiger partial charge >= 0.3 is 0 Å². The van der Waals surface area contributed by atoms with Crippen molar-refractivity contribution < 1.29 is 4.79 Å². The molecule has 1 aromatic heterocycles. The van der Waals surface area contributed by atoms with E-state index >= 15 is 0 Å². The van der Waals surface area contributed by atoms with Gasteiger partial charge in [-0.2, -0.15) is 0 Å². The van der Waals surface area contributed by atoms with Crippen molar-refractivity contribution in [1.82, 2.24) is 25.0 Å². The molecule has 2 aliphatic rings. The molecule has 2 aliphatic heterocycles. The molecule has 136 valence electrons. The van der Waals surface area contributed by atoms with Crippen LogP contribution in [0.2, 0.25) is 0 Å². The first-order chi connectivity index (χ1) is 11.3. The summed E-state index contributed by atoms with van der Waals surface area (Å²) in [6.45, 7) is 3.90. The van der Waals surface area contributed by atoms with Gasteiger partial charge in [0.05, 0.1) is 5.75 Å². The van der Waals surface area contributed by atoms with Gasteiger partial charge in [-0.3, -0.25) is 4.79 Å². The quantitative estimate of drug-likeness (QED) is 0.820. The molecule has 1 N–H and O–H groups in total. The lowest BCUT2D eigenvalue weighted by Crippen LogP contribution is -2.33. The predicted molar refractivity (Wildman–Crippen MR) is 98.9 cm³/mol. The summed E-state index contributed by atoms with van der Waals surface area (Å²) in [5, 5.41) is 13.0. The third kappa shape index (κ3) is 4.86. The van der Waals surface area contributed by atoms with E-state index in [-0.39, 0.29) is 18.3 Å². The normalized spacial score (nSPS) is 21.9. The molecular formula is C16H28ClN5OS. The fourth-order valence-corrected chi connectivity index (χ4v) is 4.24. The summed E-state index contributed by atoms with van der Waals surface area (Å²) >= 11 is 1.52. The molecule has 2 saturated heterocycles. The Labute approximate surface area is 154 Å². The van der Waals surface area contributed by atoms with Gasteiger partial charge in [-0.15, -0.1) is 22.6 Å². The number of rotatable bonds is 4. The summed E-state index contributed by atoms with van der Waals surface area (Å²) in [6.07, 6.45) is 7.13. The molecule has 0 bridgehead atoms. The SMILES string of the molecule is Cl.Cn1c(SCC(=O)N2CCCCCC2)nnc1C1CCCNC1. The van der Waals surface area contributed by atoms with Gasteiger partial charge in [0.1, 0.15) is 5.82 Å². The molecule has 3 heterocycles. The molecule has 1 aromatic rings. The minimum atomic E-state index is 0. The molecular weight excluding hydrogens is 346 g/mol. The molecule has 1 atom stereocenters. The number of amides is 1. The minimum absolute atomic E-state index is 0. The summed E-state index contributed by atoms with van der Waals surface area (Å²) in [4.78, 5) is 14.4. The third-order valence-corrected chi connectivity index (χ3v) is 5.82. The highest BCUT2D eigenvalue weighted by atomic mass is 35.5. The van der Waals surface area contributed by atoms with Gasteiger partial charge in [-0.25, -0.2) is 0 Å². The van der Waals surface area contributed by atoms with Gasteiger partial charge in [-0.1, -0.05) is 24.6 Å². The lowest BCUT2D eigenvalue weighted by atomic mass is 9.99. The van der Waals surface area contributed by atoms with E-state index in [9.17, 15) is 4.79 Å². The monoisotopic (exact) mass is 373 g/mol. The molecule has 6 nitrogen and oxygen atoms in total. The highest BCUT2D eigenvalue weighted by molar-refractivity contribution is 7.99. The Morgan fingerprint density at radius 3 is 2.62 bits per heavy atom. The first kappa shape index (κ1) is 19.5. The average molecular weight is 374 g/mol. The molecule has 0 aromatic carbocycles. The zero-order valence-corrected chi connectivity index (χ0v) is 16.0. The van der Waals surface area contributed by atoms with Gasteiger partial charge in [0.15, 0.2) is 5.16 Å². The number of likely N-dealkylation sites (tertiary alicyclic amines) is 1. The third-order valence-electron chi connectivity index (χ3n) is 4.81. The van der Waals surface area contributed by atoms with Crippen molar-refractivity contribution in [3.63, 3.8) is 0 Å². The van der Waals surface area contributed by atoms with Crippen LogP contribution in [0.1, 0.15) is 50.3 Å². The van der Waals surface area contributed by atoms with E-state index in [0.29, 0.717) is 11.7 Å². The molecule has 0 spiro atoms. The number of nitrogens with zero attached hydrogens (tertiary/aromatic N) is 4. The van der Waals surface area contributed by atoms with Crippen LogP contribution in [0.25, 0.3) is 0 Å². The number of hydrogen-bond donors (Lipinski definition) is 1. The first-order valence-electron chi connectivity index (χ1n) is 8.76. The maximum absolute atomic E-state index is 12.4. The number of hydrogen-bond acceptors (Lipinski definition) is 5. The number of carbonyl (C=O) groups is 1. The van der Waals surface area contributed by atoms with Crippen LogP contribution >= 0.6 is 24.2 Å². The maximum Gasteiger partial charge on any atom is 0.233 e. The van der Waals surface area contributed by atoms with Crippen LogP contribution in [0, 0.1) is 0 Å². The van der Waals surface area contributed by atoms with Gasteiger partial charge < -0.3 is 14.8 Å². The number of halogens is 1. The van der Waals surface area contributed by atoms with Crippen LogP contribution in [-0.4, -0.2) is 57.5 Å². The van der Waals surface area contributed by atoms with E-state index < -0.39 is 0 Å². The smallest absolute Gasteiger partial charge is 0.233 e. The second-order valence-corrected chi connectivity index (χ2v) is 7.47. The van der Waals surface area contributed by atoms with Crippen molar-refractivity contribution in [3.8, 4) is 0 Å². The van der Waals surface area contributed by atoms with E-state index in [1.807, 2.05) is 11.9 Å². The predicted octanol–water partition coefficient (Wildman–Crippen LogP) is 2.20. The van der Waals surface area contributed by atoms with Crippen LogP contribution in [0.5, 0.6) is 0 Å². The Hall–Kier alpha value is -0.790. The molecule has 24 heavy (non-hydrogen) atoms. The molecule has 0 aliphatic carbocycles. The number of thioether (sulfide) groups is 1. The van der Waals surface area contributed by atoms with Crippen molar-refractivity contribution in [2.75, 3.05) is 31.9 Å². The van der Waals surface area contributed by atoms with Crippen molar-refractivity contribution in [3.05, 3.63) is 5.82 Å². The van der Waals surface area contributed by atoms with E-state index in [1.54, 1.807) is 0 Å².